The Kier molecular flexibility index (Phi) is 5.05. The van der Waals surface area contributed by atoms with E-state index in [4.69, 9.17) is 9.47 Å². The Morgan fingerprint density at radius 3 is 2.39 bits per heavy atom. The summed E-state index contributed by atoms with van der Waals surface area (Å²) in [6.45, 7) is 6.63. The summed E-state index contributed by atoms with van der Waals surface area (Å²) < 4.78 is 11.4. The van der Waals surface area contributed by atoms with Gasteiger partial charge in [-0.25, -0.2) is 0 Å². The third-order valence-electron chi connectivity index (χ3n) is 4.80. The number of ether oxygens (including phenoxy) is 2. The van der Waals surface area contributed by atoms with Crippen molar-refractivity contribution >= 4 is 0 Å². The van der Waals surface area contributed by atoms with Gasteiger partial charge in [-0.05, 0) is 57.3 Å². The molecule has 0 aromatic heterocycles. The van der Waals surface area contributed by atoms with Crippen molar-refractivity contribution in [2.75, 3.05) is 19.8 Å². The highest BCUT2D eigenvalue weighted by atomic mass is 16.5. The molecule has 1 heterocycles. The summed E-state index contributed by atoms with van der Waals surface area (Å²) in [7, 11) is 0. The maximum Gasteiger partial charge on any atom is 0.0942 e. The zero-order valence-corrected chi connectivity index (χ0v) is 11.9. The van der Waals surface area contributed by atoms with E-state index in [2.05, 4.69) is 6.92 Å². The third kappa shape index (κ3) is 3.06. The van der Waals surface area contributed by atoms with Crippen molar-refractivity contribution in [3.63, 3.8) is 0 Å². The summed E-state index contributed by atoms with van der Waals surface area (Å²) in [5.41, 5.74) is -0.275. The van der Waals surface area contributed by atoms with E-state index in [-0.39, 0.29) is 11.7 Å². The van der Waals surface area contributed by atoms with Crippen LogP contribution in [0.25, 0.3) is 0 Å². The van der Waals surface area contributed by atoms with Crippen LogP contribution in [0.4, 0.5) is 0 Å². The van der Waals surface area contributed by atoms with Crippen LogP contribution in [0, 0.1) is 11.8 Å². The molecule has 1 aliphatic carbocycles. The molecule has 0 aromatic rings. The Hall–Kier alpha value is -0.120. The van der Waals surface area contributed by atoms with E-state index >= 15 is 0 Å². The van der Waals surface area contributed by atoms with Crippen molar-refractivity contribution in [2.24, 2.45) is 11.8 Å². The van der Waals surface area contributed by atoms with E-state index in [1.165, 1.54) is 12.8 Å². The van der Waals surface area contributed by atoms with Crippen LogP contribution in [0.3, 0.4) is 0 Å². The zero-order valence-electron chi connectivity index (χ0n) is 11.9. The predicted octanol–water partition coefficient (Wildman–Crippen LogP) is 2.76. The Balaban J connectivity index is 2.03. The molecule has 1 atom stereocenters. The van der Waals surface area contributed by atoms with Crippen molar-refractivity contribution in [2.45, 2.75) is 64.1 Å². The molecule has 2 rings (SSSR count). The second-order valence-electron chi connectivity index (χ2n) is 6.07. The van der Waals surface area contributed by atoms with E-state index < -0.39 is 0 Å². The molecule has 0 amide bonds. The lowest BCUT2D eigenvalue weighted by atomic mass is 9.71. The molecule has 106 valence electrons. The highest BCUT2D eigenvalue weighted by Crippen LogP contribution is 2.41. The van der Waals surface area contributed by atoms with Crippen LogP contribution in [0.1, 0.15) is 52.4 Å². The Morgan fingerprint density at radius 2 is 1.83 bits per heavy atom. The van der Waals surface area contributed by atoms with Crippen molar-refractivity contribution in [3.05, 3.63) is 0 Å². The van der Waals surface area contributed by atoms with Crippen LogP contribution in [0.15, 0.2) is 0 Å². The van der Waals surface area contributed by atoms with Crippen LogP contribution < -0.4 is 0 Å². The van der Waals surface area contributed by atoms with Gasteiger partial charge in [-0.2, -0.15) is 0 Å². The van der Waals surface area contributed by atoms with Gasteiger partial charge in [0.1, 0.15) is 0 Å². The molecule has 3 heteroatoms. The molecule has 0 aromatic carbocycles. The van der Waals surface area contributed by atoms with Crippen molar-refractivity contribution in [1.29, 1.82) is 0 Å². The number of aliphatic hydroxyl groups excluding tert-OH is 1. The van der Waals surface area contributed by atoms with Gasteiger partial charge in [0.25, 0.3) is 0 Å². The van der Waals surface area contributed by atoms with Gasteiger partial charge in [-0.1, -0.05) is 6.92 Å². The number of hydrogen-bond acceptors (Lipinski definition) is 3. The van der Waals surface area contributed by atoms with Gasteiger partial charge in [0, 0.05) is 19.8 Å². The molecule has 0 radical (unpaired) electrons. The summed E-state index contributed by atoms with van der Waals surface area (Å²) in [5, 5.41) is 10.8. The van der Waals surface area contributed by atoms with Gasteiger partial charge < -0.3 is 14.6 Å². The highest BCUT2D eigenvalue weighted by molar-refractivity contribution is 4.96. The maximum atomic E-state index is 10.8. The third-order valence-corrected chi connectivity index (χ3v) is 4.80. The molecular weight excluding hydrogens is 228 g/mol. The lowest BCUT2D eigenvalue weighted by Gasteiger charge is -2.45. The quantitative estimate of drug-likeness (QED) is 0.840. The molecule has 18 heavy (non-hydrogen) atoms. The summed E-state index contributed by atoms with van der Waals surface area (Å²) in [6, 6.07) is 0. The van der Waals surface area contributed by atoms with Crippen molar-refractivity contribution < 1.29 is 14.6 Å². The fourth-order valence-corrected chi connectivity index (χ4v) is 3.52. The van der Waals surface area contributed by atoms with Gasteiger partial charge in [-0.15, -0.1) is 0 Å². The average molecular weight is 256 g/mol. The first-order valence-corrected chi connectivity index (χ1v) is 7.57. The molecule has 2 aliphatic rings. The zero-order chi connectivity index (χ0) is 13.0. The first-order chi connectivity index (χ1) is 8.68. The van der Waals surface area contributed by atoms with Gasteiger partial charge in [0.05, 0.1) is 11.7 Å². The van der Waals surface area contributed by atoms with Crippen LogP contribution >= 0.6 is 0 Å². The molecule has 1 unspecified atom stereocenters. The van der Waals surface area contributed by atoms with Crippen molar-refractivity contribution in [1.82, 2.24) is 0 Å². The van der Waals surface area contributed by atoms with Crippen LogP contribution in [0.2, 0.25) is 0 Å². The standard InChI is InChI=1S/C15H28O3/c1-3-18-15(8-4-12(2)5-9-15)14(16)13-6-10-17-11-7-13/h12-14,16H,3-11H2,1-2H3. The highest BCUT2D eigenvalue weighted by Gasteiger charge is 2.44. The smallest absolute Gasteiger partial charge is 0.0942 e. The van der Waals surface area contributed by atoms with Crippen LogP contribution in [-0.2, 0) is 9.47 Å². The number of hydrogen-bond donors (Lipinski definition) is 1. The Labute approximate surface area is 111 Å². The van der Waals surface area contributed by atoms with Crippen LogP contribution in [-0.4, -0.2) is 36.6 Å². The van der Waals surface area contributed by atoms with Crippen molar-refractivity contribution in [3.8, 4) is 0 Å². The van der Waals surface area contributed by atoms with Crippen LogP contribution in [0.5, 0.6) is 0 Å². The van der Waals surface area contributed by atoms with Gasteiger partial charge in [0.15, 0.2) is 0 Å². The normalized spacial score (nSPS) is 36.5. The molecule has 3 nitrogen and oxygen atoms in total. The predicted molar refractivity (Wildman–Crippen MR) is 71.5 cm³/mol. The molecule has 0 spiro atoms. The molecule has 1 N–H and O–H groups in total. The van der Waals surface area contributed by atoms with E-state index in [0.717, 1.165) is 44.8 Å². The second kappa shape index (κ2) is 6.36. The Morgan fingerprint density at radius 1 is 1.22 bits per heavy atom. The lowest BCUT2D eigenvalue weighted by Crippen LogP contribution is -2.51. The topological polar surface area (TPSA) is 38.7 Å². The molecule has 2 fully saturated rings. The summed E-state index contributed by atoms with van der Waals surface area (Å²) in [6.07, 6.45) is 6.03. The summed E-state index contributed by atoms with van der Waals surface area (Å²) >= 11 is 0. The summed E-state index contributed by atoms with van der Waals surface area (Å²) in [5.74, 6) is 1.14. The first-order valence-electron chi connectivity index (χ1n) is 7.57. The number of aliphatic hydroxyl groups is 1. The lowest BCUT2D eigenvalue weighted by molar-refractivity contribution is -0.169. The monoisotopic (exact) mass is 256 g/mol. The second-order valence-corrected chi connectivity index (χ2v) is 6.07. The maximum absolute atomic E-state index is 10.8. The minimum atomic E-state index is -0.311. The van der Waals surface area contributed by atoms with E-state index in [1.807, 2.05) is 6.92 Å². The largest absolute Gasteiger partial charge is 0.390 e. The molecule has 1 saturated carbocycles. The minimum absolute atomic E-state index is 0.275. The fraction of sp³-hybridized carbons (Fsp3) is 1.00. The molecule has 1 saturated heterocycles. The van der Waals surface area contributed by atoms with E-state index in [1.54, 1.807) is 0 Å². The molecular formula is C15H28O3. The first kappa shape index (κ1) is 14.3. The van der Waals surface area contributed by atoms with Gasteiger partial charge >= 0.3 is 0 Å². The van der Waals surface area contributed by atoms with Gasteiger partial charge in [-0.3, -0.25) is 0 Å². The minimum Gasteiger partial charge on any atom is -0.390 e. The average Bonchev–Trinajstić information content (AvgIpc) is 2.42. The fourth-order valence-electron chi connectivity index (χ4n) is 3.52. The summed E-state index contributed by atoms with van der Waals surface area (Å²) in [4.78, 5) is 0. The molecule has 0 bridgehead atoms. The molecule has 1 aliphatic heterocycles. The van der Waals surface area contributed by atoms with E-state index in [9.17, 15) is 5.11 Å². The van der Waals surface area contributed by atoms with E-state index in [0.29, 0.717) is 12.5 Å². The Bertz CT molecular complexity index is 240. The van der Waals surface area contributed by atoms with Gasteiger partial charge in [0.2, 0.25) is 0 Å². The number of rotatable bonds is 4. The SMILES string of the molecule is CCOC1(C(O)C2CCOCC2)CCC(C)CC1.